The van der Waals surface area contributed by atoms with Gasteiger partial charge in [-0.15, -0.1) is 0 Å². The quantitative estimate of drug-likeness (QED) is 0.577. The van der Waals surface area contributed by atoms with Crippen LogP contribution in [0, 0.1) is 0 Å². The minimum atomic E-state index is 0.0667. The lowest BCUT2D eigenvalue weighted by molar-refractivity contribution is -0.127. The van der Waals surface area contributed by atoms with Gasteiger partial charge in [0.15, 0.2) is 0 Å². The summed E-state index contributed by atoms with van der Waals surface area (Å²) in [6.07, 6.45) is 10.3. The van der Waals surface area contributed by atoms with Gasteiger partial charge < -0.3 is 9.64 Å². The molecule has 3 nitrogen and oxygen atoms in total. The Morgan fingerprint density at radius 3 is 2.53 bits per heavy atom. The molecule has 104 valence electrons. The van der Waals surface area contributed by atoms with E-state index >= 15 is 0 Å². The fourth-order valence-electron chi connectivity index (χ4n) is 2.66. The van der Waals surface area contributed by atoms with Gasteiger partial charge in [0.2, 0.25) is 5.91 Å². The molecule has 0 aromatic heterocycles. The van der Waals surface area contributed by atoms with Crippen LogP contribution in [0.5, 0.6) is 0 Å². The fourth-order valence-corrected chi connectivity index (χ4v) is 2.66. The van der Waals surface area contributed by atoms with Crippen LogP contribution in [0.3, 0.4) is 0 Å². The van der Waals surface area contributed by atoms with Gasteiger partial charge in [0.1, 0.15) is 5.76 Å². The Bertz CT molecular complexity index is 414. The van der Waals surface area contributed by atoms with Crippen molar-refractivity contribution in [1.29, 1.82) is 0 Å². The van der Waals surface area contributed by atoms with E-state index in [2.05, 4.69) is 6.58 Å². The molecule has 0 radical (unpaired) electrons. The highest BCUT2D eigenvalue weighted by atomic mass is 16.5. The molecule has 2 rings (SSSR count). The summed E-state index contributed by atoms with van der Waals surface area (Å²) in [5, 5.41) is 0. The normalized spacial score (nSPS) is 23.0. The molecular formula is C16H23NO2. The summed E-state index contributed by atoms with van der Waals surface area (Å²) >= 11 is 0. The van der Waals surface area contributed by atoms with Gasteiger partial charge in [0, 0.05) is 19.2 Å². The van der Waals surface area contributed by atoms with Gasteiger partial charge >= 0.3 is 0 Å². The SMILES string of the molecule is C=C1CCC/C1=C/C(=C/C(=O)N1CCCCC1)OC. The maximum atomic E-state index is 12.1. The molecule has 19 heavy (non-hydrogen) atoms. The highest BCUT2D eigenvalue weighted by Crippen LogP contribution is 2.29. The number of piperidine rings is 1. The minimum Gasteiger partial charge on any atom is -0.497 e. The molecule has 1 heterocycles. The third kappa shape index (κ3) is 3.72. The predicted octanol–water partition coefficient (Wildman–Crippen LogP) is 3.20. The third-order valence-electron chi connectivity index (χ3n) is 3.86. The lowest BCUT2D eigenvalue weighted by Gasteiger charge is -2.25. The first-order valence-electron chi connectivity index (χ1n) is 7.14. The monoisotopic (exact) mass is 261 g/mol. The first kappa shape index (κ1) is 13.9. The minimum absolute atomic E-state index is 0.0667. The summed E-state index contributed by atoms with van der Waals surface area (Å²) < 4.78 is 5.32. The largest absolute Gasteiger partial charge is 0.497 e. The number of carbonyl (C=O) groups excluding carboxylic acids is 1. The molecule has 1 saturated carbocycles. The van der Waals surface area contributed by atoms with E-state index in [0.717, 1.165) is 45.2 Å². The molecule has 0 atom stereocenters. The third-order valence-corrected chi connectivity index (χ3v) is 3.86. The van der Waals surface area contributed by atoms with E-state index in [0.29, 0.717) is 5.76 Å². The second kappa shape index (κ2) is 6.60. The Morgan fingerprint density at radius 1 is 1.21 bits per heavy atom. The van der Waals surface area contributed by atoms with Gasteiger partial charge in [0.25, 0.3) is 0 Å². The topological polar surface area (TPSA) is 29.5 Å². The second-order valence-electron chi connectivity index (χ2n) is 5.26. The molecule has 0 bridgehead atoms. The number of methoxy groups -OCH3 is 1. The number of hydrogen-bond donors (Lipinski definition) is 0. The maximum absolute atomic E-state index is 12.1. The smallest absolute Gasteiger partial charge is 0.250 e. The molecule has 0 aromatic carbocycles. The van der Waals surface area contributed by atoms with Crippen LogP contribution in [-0.4, -0.2) is 31.0 Å². The average Bonchev–Trinajstić information content (AvgIpc) is 2.84. The summed E-state index contributed by atoms with van der Waals surface area (Å²) in [5.41, 5.74) is 2.40. The summed E-state index contributed by atoms with van der Waals surface area (Å²) in [6, 6.07) is 0. The first-order valence-corrected chi connectivity index (χ1v) is 7.14. The molecule has 2 aliphatic rings. The van der Waals surface area contributed by atoms with Crippen LogP contribution in [0.4, 0.5) is 0 Å². The van der Waals surface area contributed by atoms with Gasteiger partial charge in [-0.2, -0.15) is 0 Å². The Morgan fingerprint density at radius 2 is 1.95 bits per heavy atom. The van der Waals surface area contributed by atoms with E-state index in [-0.39, 0.29) is 5.91 Å². The molecular weight excluding hydrogens is 238 g/mol. The van der Waals surface area contributed by atoms with E-state index in [9.17, 15) is 4.79 Å². The van der Waals surface area contributed by atoms with Crippen molar-refractivity contribution in [3.05, 3.63) is 35.6 Å². The number of nitrogens with zero attached hydrogens (tertiary/aromatic N) is 1. The Balaban J connectivity index is 2.05. The number of amides is 1. The lowest BCUT2D eigenvalue weighted by Crippen LogP contribution is -2.34. The highest BCUT2D eigenvalue weighted by Gasteiger charge is 2.16. The van der Waals surface area contributed by atoms with Crippen molar-refractivity contribution in [1.82, 2.24) is 4.90 Å². The van der Waals surface area contributed by atoms with Crippen molar-refractivity contribution >= 4 is 5.91 Å². The van der Waals surface area contributed by atoms with Crippen molar-refractivity contribution < 1.29 is 9.53 Å². The molecule has 1 amide bonds. The van der Waals surface area contributed by atoms with Crippen LogP contribution < -0.4 is 0 Å². The van der Waals surface area contributed by atoms with Crippen molar-refractivity contribution in [3.8, 4) is 0 Å². The zero-order valence-electron chi connectivity index (χ0n) is 11.8. The number of carbonyl (C=O) groups is 1. The van der Waals surface area contributed by atoms with Crippen LogP contribution in [0.25, 0.3) is 0 Å². The molecule has 0 aromatic rings. The average molecular weight is 261 g/mol. The predicted molar refractivity (Wildman–Crippen MR) is 76.6 cm³/mol. The number of likely N-dealkylation sites (tertiary alicyclic amines) is 1. The van der Waals surface area contributed by atoms with Crippen LogP contribution in [0.1, 0.15) is 38.5 Å². The van der Waals surface area contributed by atoms with E-state index in [4.69, 9.17) is 4.74 Å². The number of rotatable bonds is 3. The first-order chi connectivity index (χ1) is 9.20. The molecule has 2 fully saturated rings. The molecule has 0 spiro atoms. The molecule has 0 unspecified atom stereocenters. The van der Waals surface area contributed by atoms with Gasteiger partial charge in [-0.3, -0.25) is 4.79 Å². The Kier molecular flexibility index (Phi) is 4.83. The van der Waals surface area contributed by atoms with E-state index in [1.54, 1.807) is 13.2 Å². The molecule has 1 aliphatic carbocycles. The van der Waals surface area contributed by atoms with E-state index in [1.165, 1.54) is 17.6 Å². The molecule has 1 saturated heterocycles. The summed E-state index contributed by atoms with van der Waals surface area (Å²) in [6.45, 7) is 5.79. The van der Waals surface area contributed by atoms with Gasteiger partial charge in [-0.1, -0.05) is 12.2 Å². The standard InChI is InChI=1S/C16H23NO2/c1-13-7-6-8-14(13)11-15(19-2)12-16(18)17-9-4-3-5-10-17/h11-12H,1,3-10H2,2H3/b14-11-,15-12-. The van der Waals surface area contributed by atoms with Crippen molar-refractivity contribution in [2.45, 2.75) is 38.5 Å². The van der Waals surface area contributed by atoms with Crippen LogP contribution in [-0.2, 0) is 9.53 Å². The van der Waals surface area contributed by atoms with E-state index in [1.807, 2.05) is 11.0 Å². The van der Waals surface area contributed by atoms with Crippen molar-refractivity contribution in [3.63, 3.8) is 0 Å². The lowest BCUT2D eigenvalue weighted by atomic mass is 10.1. The Labute approximate surface area is 115 Å². The van der Waals surface area contributed by atoms with Crippen molar-refractivity contribution in [2.75, 3.05) is 20.2 Å². The van der Waals surface area contributed by atoms with Gasteiger partial charge in [0.05, 0.1) is 7.11 Å². The van der Waals surface area contributed by atoms with Gasteiger partial charge in [-0.25, -0.2) is 0 Å². The maximum Gasteiger partial charge on any atom is 0.250 e. The van der Waals surface area contributed by atoms with Crippen LogP contribution >= 0.6 is 0 Å². The zero-order chi connectivity index (χ0) is 13.7. The summed E-state index contributed by atoms with van der Waals surface area (Å²) in [7, 11) is 1.62. The Hall–Kier alpha value is -1.51. The van der Waals surface area contributed by atoms with Crippen molar-refractivity contribution in [2.24, 2.45) is 0 Å². The number of ether oxygens (including phenoxy) is 1. The zero-order valence-corrected chi connectivity index (χ0v) is 11.8. The van der Waals surface area contributed by atoms with Crippen LogP contribution in [0.2, 0.25) is 0 Å². The molecule has 1 aliphatic heterocycles. The summed E-state index contributed by atoms with van der Waals surface area (Å²) in [4.78, 5) is 14.0. The van der Waals surface area contributed by atoms with Crippen LogP contribution in [0.15, 0.2) is 35.6 Å². The second-order valence-corrected chi connectivity index (χ2v) is 5.26. The van der Waals surface area contributed by atoms with E-state index < -0.39 is 0 Å². The fraction of sp³-hybridized carbons (Fsp3) is 0.562. The summed E-state index contributed by atoms with van der Waals surface area (Å²) in [5.74, 6) is 0.714. The molecule has 0 N–H and O–H groups in total. The number of allylic oxidation sites excluding steroid dienone is 3. The highest BCUT2D eigenvalue weighted by molar-refractivity contribution is 5.88. The number of hydrogen-bond acceptors (Lipinski definition) is 2. The molecule has 3 heteroatoms. The van der Waals surface area contributed by atoms with Gasteiger partial charge in [-0.05, 0) is 50.2 Å².